The number of nitrogens with zero attached hydrogens (tertiary/aromatic N) is 2. The van der Waals surface area contributed by atoms with Crippen LogP contribution >= 0.6 is 23.1 Å². The summed E-state index contributed by atoms with van der Waals surface area (Å²) in [6.45, 7) is 1.97. The van der Waals surface area contributed by atoms with Crippen molar-refractivity contribution in [3.63, 3.8) is 0 Å². The van der Waals surface area contributed by atoms with Gasteiger partial charge in [-0.3, -0.25) is 14.6 Å². The molecule has 1 atom stereocenters. The van der Waals surface area contributed by atoms with E-state index in [9.17, 15) is 14.4 Å². The Hall–Kier alpha value is -3.50. The number of hydrogen-bond acceptors (Lipinski definition) is 8. The number of aliphatic imine (C=N–C) groups is 1. The zero-order chi connectivity index (χ0) is 23.9. The van der Waals surface area contributed by atoms with E-state index in [1.165, 1.54) is 0 Å². The van der Waals surface area contributed by atoms with E-state index >= 15 is 0 Å². The maximum absolute atomic E-state index is 12.6. The van der Waals surface area contributed by atoms with E-state index in [1.807, 2.05) is 60.7 Å². The summed E-state index contributed by atoms with van der Waals surface area (Å²) in [6, 6.07) is 18.5. The molecule has 4 rings (SSSR count). The zero-order valence-electron chi connectivity index (χ0n) is 18.3. The number of hydrogen-bond donors (Lipinski definition) is 2. The Labute approximate surface area is 204 Å². The minimum Gasteiger partial charge on any atom is -0.462 e. The molecule has 0 radical (unpaired) electrons. The van der Waals surface area contributed by atoms with E-state index in [1.54, 1.807) is 6.92 Å². The SMILES string of the molecule is CCOC(=O)c1sc(NC(=O)CSC2=N[C@@H](c3ccccc3)CC(=O)N2)nc1-c1ccccc1. The molecule has 1 aliphatic heterocycles. The second-order valence-corrected chi connectivity index (χ2v) is 9.20. The number of carbonyl (C=O) groups is 3. The van der Waals surface area contributed by atoms with Crippen molar-refractivity contribution in [2.45, 2.75) is 19.4 Å². The monoisotopic (exact) mass is 494 g/mol. The van der Waals surface area contributed by atoms with Crippen LogP contribution in [0, 0.1) is 0 Å². The number of aromatic nitrogens is 1. The van der Waals surface area contributed by atoms with Gasteiger partial charge < -0.3 is 15.4 Å². The van der Waals surface area contributed by atoms with E-state index < -0.39 is 5.97 Å². The molecule has 2 heterocycles. The molecule has 3 aromatic rings. The summed E-state index contributed by atoms with van der Waals surface area (Å²) in [5.74, 6) is -0.930. The van der Waals surface area contributed by atoms with Gasteiger partial charge in [0, 0.05) is 5.56 Å². The third kappa shape index (κ3) is 5.89. The maximum atomic E-state index is 12.6. The predicted octanol–water partition coefficient (Wildman–Crippen LogP) is 4.28. The van der Waals surface area contributed by atoms with Crippen LogP contribution in [0.4, 0.5) is 5.13 Å². The van der Waals surface area contributed by atoms with Gasteiger partial charge in [0.25, 0.3) is 0 Å². The van der Waals surface area contributed by atoms with Crippen molar-refractivity contribution in [2.24, 2.45) is 4.99 Å². The van der Waals surface area contributed by atoms with E-state index in [0.717, 1.165) is 34.2 Å². The molecular weight excluding hydrogens is 472 g/mol. The number of thioether (sulfide) groups is 1. The van der Waals surface area contributed by atoms with E-state index in [4.69, 9.17) is 4.74 Å². The van der Waals surface area contributed by atoms with Crippen LogP contribution in [-0.2, 0) is 14.3 Å². The first-order valence-electron chi connectivity index (χ1n) is 10.6. The van der Waals surface area contributed by atoms with Crippen LogP contribution in [0.5, 0.6) is 0 Å². The summed E-state index contributed by atoms with van der Waals surface area (Å²) in [5, 5.41) is 6.15. The molecule has 0 unspecified atom stereocenters. The summed E-state index contributed by atoms with van der Waals surface area (Å²) in [7, 11) is 0. The van der Waals surface area contributed by atoms with E-state index in [2.05, 4.69) is 20.6 Å². The third-order valence-corrected chi connectivity index (χ3v) is 6.64. The highest BCUT2D eigenvalue weighted by Crippen LogP contribution is 2.32. The van der Waals surface area contributed by atoms with Gasteiger partial charge in [-0.25, -0.2) is 9.78 Å². The molecule has 34 heavy (non-hydrogen) atoms. The van der Waals surface area contributed by atoms with Crippen molar-refractivity contribution >= 4 is 51.2 Å². The van der Waals surface area contributed by atoms with Crippen molar-refractivity contribution in [1.82, 2.24) is 10.3 Å². The lowest BCUT2D eigenvalue weighted by molar-refractivity contribution is -0.120. The molecule has 2 amide bonds. The number of esters is 1. The molecule has 2 N–H and O–H groups in total. The molecule has 0 bridgehead atoms. The number of rotatable bonds is 7. The van der Waals surface area contributed by atoms with Crippen molar-refractivity contribution in [1.29, 1.82) is 0 Å². The first-order valence-corrected chi connectivity index (χ1v) is 12.4. The van der Waals surface area contributed by atoms with Gasteiger partial charge in [0.1, 0.15) is 4.88 Å². The van der Waals surface area contributed by atoms with Crippen LogP contribution in [0.3, 0.4) is 0 Å². The fraction of sp³-hybridized carbons (Fsp3) is 0.208. The number of amides is 2. The normalized spacial score (nSPS) is 15.3. The lowest BCUT2D eigenvalue weighted by Crippen LogP contribution is -2.35. The van der Waals surface area contributed by atoms with Gasteiger partial charge in [-0.05, 0) is 12.5 Å². The van der Waals surface area contributed by atoms with Crippen molar-refractivity contribution in [3.8, 4) is 11.3 Å². The molecule has 1 aromatic heterocycles. The molecule has 174 valence electrons. The Balaban J connectivity index is 1.44. The predicted molar refractivity (Wildman–Crippen MR) is 134 cm³/mol. The van der Waals surface area contributed by atoms with Crippen LogP contribution in [0.15, 0.2) is 65.7 Å². The van der Waals surface area contributed by atoms with Gasteiger partial charge in [0.15, 0.2) is 10.3 Å². The number of nitrogens with one attached hydrogen (secondary N) is 2. The quantitative estimate of drug-likeness (QED) is 0.475. The van der Waals surface area contributed by atoms with Crippen molar-refractivity contribution in [3.05, 3.63) is 71.1 Å². The Bertz CT molecular complexity index is 1210. The van der Waals surface area contributed by atoms with Gasteiger partial charge in [0.2, 0.25) is 11.8 Å². The van der Waals surface area contributed by atoms with Gasteiger partial charge in [-0.15, -0.1) is 0 Å². The molecule has 0 aliphatic carbocycles. The highest BCUT2D eigenvalue weighted by Gasteiger charge is 2.24. The zero-order valence-corrected chi connectivity index (χ0v) is 19.9. The Morgan fingerprint density at radius 2 is 1.85 bits per heavy atom. The van der Waals surface area contributed by atoms with Gasteiger partial charge in [-0.2, -0.15) is 0 Å². The van der Waals surface area contributed by atoms with Crippen molar-refractivity contribution < 1.29 is 19.1 Å². The van der Waals surface area contributed by atoms with Crippen LogP contribution < -0.4 is 10.6 Å². The first kappa shape index (κ1) is 23.7. The van der Waals surface area contributed by atoms with Crippen LogP contribution in [0.1, 0.15) is 34.6 Å². The molecule has 8 nitrogen and oxygen atoms in total. The molecular formula is C24H22N4O4S2. The molecule has 0 saturated carbocycles. The average molecular weight is 495 g/mol. The second kappa shape index (κ2) is 11.1. The van der Waals surface area contributed by atoms with Crippen LogP contribution in [0.25, 0.3) is 11.3 Å². The second-order valence-electron chi connectivity index (χ2n) is 7.23. The molecule has 0 saturated heterocycles. The number of anilines is 1. The Morgan fingerprint density at radius 3 is 2.56 bits per heavy atom. The Kier molecular flexibility index (Phi) is 7.71. The number of ether oxygens (including phenoxy) is 1. The first-order chi connectivity index (χ1) is 16.5. The summed E-state index contributed by atoms with van der Waals surface area (Å²) >= 11 is 2.20. The fourth-order valence-corrected chi connectivity index (χ4v) is 4.92. The largest absolute Gasteiger partial charge is 0.462 e. The molecule has 10 heteroatoms. The maximum Gasteiger partial charge on any atom is 0.350 e. The lowest BCUT2D eigenvalue weighted by Gasteiger charge is -2.20. The number of amidine groups is 1. The fourth-order valence-electron chi connectivity index (χ4n) is 3.30. The Morgan fingerprint density at radius 1 is 1.15 bits per heavy atom. The molecule has 0 spiro atoms. The molecule has 2 aromatic carbocycles. The van der Waals surface area contributed by atoms with Crippen LogP contribution in [0.2, 0.25) is 0 Å². The van der Waals surface area contributed by atoms with Gasteiger partial charge in [0.05, 0.1) is 30.5 Å². The van der Waals surface area contributed by atoms with Gasteiger partial charge >= 0.3 is 5.97 Å². The minimum absolute atomic E-state index is 0.0234. The molecule has 1 aliphatic rings. The summed E-state index contributed by atoms with van der Waals surface area (Å²) in [6.07, 6.45) is 0.262. The highest BCUT2D eigenvalue weighted by molar-refractivity contribution is 8.14. The van der Waals surface area contributed by atoms with Crippen LogP contribution in [-0.4, -0.2) is 40.3 Å². The van der Waals surface area contributed by atoms with E-state index in [-0.39, 0.29) is 36.6 Å². The minimum atomic E-state index is -0.486. The number of carbonyl (C=O) groups excluding carboxylic acids is 3. The summed E-state index contributed by atoms with van der Waals surface area (Å²) in [5.41, 5.74) is 2.16. The summed E-state index contributed by atoms with van der Waals surface area (Å²) < 4.78 is 5.15. The number of benzene rings is 2. The third-order valence-electron chi connectivity index (χ3n) is 4.80. The lowest BCUT2D eigenvalue weighted by atomic mass is 10.0. The number of thiazole rings is 1. The average Bonchev–Trinajstić information content (AvgIpc) is 3.27. The van der Waals surface area contributed by atoms with Crippen molar-refractivity contribution in [2.75, 3.05) is 17.7 Å². The highest BCUT2D eigenvalue weighted by atomic mass is 32.2. The summed E-state index contributed by atoms with van der Waals surface area (Å²) in [4.78, 5) is 46.5. The molecule has 0 fully saturated rings. The standard InChI is InChI=1S/C24H22N4O4S2/c1-2-32-22(31)21-20(16-11-7-4-8-12-16)28-24(34-21)27-19(30)14-33-23-25-17(13-18(29)26-23)15-9-5-3-6-10-15/h3-12,17H,2,13-14H2,1H3,(H,25,26,29)(H,27,28,30)/t17-/m1/s1. The topological polar surface area (TPSA) is 110 Å². The van der Waals surface area contributed by atoms with E-state index in [0.29, 0.717) is 20.9 Å². The smallest absolute Gasteiger partial charge is 0.350 e. The van der Waals surface area contributed by atoms with Gasteiger partial charge in [-0.1, -0.05) is 83.8 Å².